The molecule has 1 fully saturated rings. The summed E-state index contributed by atoms with van der Waals surface area (Å²) in [4.78, 5) is 41.7. The number of carbonyl (C=O) groups is 3. The predicted octanol–water partition coefficient (Wildman–Crippen LogP) is 1.66. The van der Waals surface area contributed by atoms with Crippen molar-refractivity contribution in [3.8, 4) is 0 Å². The zero-order valence-electron chi connectivity index (χ0n) is 18.2. The van der Waals surface area contributed by atoms with E-state index in [1.54, 1.807) is 7.05 Å². The van der Waals surface area contributed by atoms with Gasteiger partial charge in [-0.05, 0) is 37.8 Å². The number of carbonyl (C=O) groups excluding carboxylic acids is 3. The van der Waals surface area contributed by atoms with E-state index in [0.717, 1.165) is 25.8 Å². The van der Waals surface area contributed by atoms with Gasteiger partial charge < -0.3 is 15.0 Å². The molecule has 1 aliphatic rings. The molecule has 0 aliphatic carbocycles. The van der Waals surface area contributed by atoms with Crippen LogP contribution in [-0.2, 0) is 19.1 Å². The Balaban J connectivity index is 3.03. The summed E-state index contributed by atoms with van der Waals surface area (Å²) in [6, 6.07) is -1.64. The molecule has 1 N–H and O–H groups in total. The molecule has 0 aromatic rings. The summed E-state index contributed by atoms with van der Waals surface area (Å²) in [5.41, 5.74) is -0.494. The molecule has 156 valence electrons. The maximum absolute atomic E-state index is 13.2. The molecule has 0 bridgehead atoms. The van der Waals surface area contributed by atoms with Crippen LogP contribution in [0.2, 0.25) is 0 Å². The molecule has 7 nitrogen and oxygen atoms in total. The number of nitrogens with zero attached hydrogens (tertiary/aromatic N) is 2. The van der Waals surface area contributed by atoms with Crippen LogP contribution in [0.5, 0.6) is 0 Å². The van der Waals surface area contributed by atoms with Crippen LogP contribution < -0.4 is 5.32 Å². The fourth-order valence-corrected chi connectivity index (χ4v) is 3.63. The second kappa shape index (κ2) is 9.53. The van der Waals surface area contributed by atoms with E-state index in [1.165, 1.54) is 12.0 Å². The van der Waals surface area contributed by atoms with Gasteiger partial charge in [0, 0.05) is 7.05 Å². The Kier molecular flexibility index (Phi) is 8.26. The quantitative estimate of drug-likeness (QED) is 0.706. The molecule has 27 heavy (non-hydrogen) atoms. The minimum Gasteiger partial charge on any atom is -0.467 e. The minimum atomic E-state index is -0.726. The monoisotopic (exact) mass is 383 g/mol. The highest BCUT2D eigenvalue weighted by Crippen LogP contribution is 2.24. The molecule has 7 heteroatoms. The highest BCUT2D eigenvalue weighted by atomic mass is 16.5. The van der Waals surface area contributed by atoms with E-state index in [-0.39, 0.29) is 23.8 Å². The van der Waals surface area contributed by atoms with Gasteiger partial charge in [0.05, 0.1) is 13.2 Å². The van der Waals surface area contributed by atoms with Crippen LogP contribution >= 0.6 is 0 Å². The molecular formula is C20H37N3O4. The van der Waals surface area contributed by atoms with E-state index >= 15 is 0 Å². The number of esters is 1. The van der Waals surface area contributed by atoms with Gasteiger partial charge in [-0.1, -0.05) is 41.0 Å². The highest BCUT2D eigenvalue weighted by Gasteiger charge is 2.41. The van der Waals surface area contributed by atoms with Gasteiger partial charge in [-0.2, -0.15) is 0 Å². The summed E-state index contributed by atoms with van der Waals surface area (Å²) in [6.07, 6.45) is 2.88. The Labute approximate surface area is 163 Å². The van der Waals surface area contributed by atoms with Gasteiger partial charge in [0.1, 0.15) is 12.1 Å². The number of hydrogen-bond acceptors (Lipinski definition) is 5. The van der Waals surface area contributed by atoms with Crippen LogP contribution in [0.1, 0.15) is 53.9 Å². The number of nitrogens with one attached hydrogen (secondary N) is 1. The molecule has 0 aromatic carbocycles. The van der Waals surface area contributed by atoms with Crippen LogP contribution in [-0.4, -0.2) is 73.5 Å². The van der Waals surface area contributed by atoms with Crippen molar-refractivity contribution in [3.63, 3.8) is 0 Å². The third-order valence-corrected chi connectivity index (χ3v) is 5.31. The van der Waals surface area contributed by atoms with Crippen molar-refractivity contribution in [2.75, 3.05) is 27.7 Å². The number of rotatable bonds is 6. The Morgan fingerprint density at radius 2 is 1.78 bits per heavy atom. The van der Waals surface area contributed by atoms with E-state index in [0.29, 0.717) is 0 Å². The van der Waals surface area contributed by atoms with Crippen molar-refractivity contribution in [1.82, 2.24) is 15.1 Å². The lowest BCUT2D eigenvalue weighted by molar-refractivity contribution is -0.155. The molecule has 0 saturated carbocycles. The van der Waals surface area contributed by atoms with E-state index < -0.39 is 23.5 Å². The molecule has 1 rings (SSSR count). The van der Waals surface area contributed by atoms with Gasteiger partial charge in [0.2, 0.25) is 11.8 Å². The van der Waals surface area contributed by atoms with E-state index in [9.17, 15) is 14.4 Å². The van der Waals surface area contributed by atoms with Gasteiger partial charge in [0.25, 0.3) is 0 Å². The maximum Gasteiger partial charge on any atom is 0.328 e. The first-order chi connectivity index (χ1) is 12.4. The van der Waals surface area contributed by atoms with Crippen molar-refractivity contribution >= 4 is 17.8 Å². The molecule has 2 unspecified atom stereocenters. The first-order valence-electron chi connectivity index (χ1n) is 9.77. The summed E-state index contributed by atoms with van der Waals surface area (Å²) in [6.45, 7) is 10.4. The summed E-state index contributed by atoms with van der Waals surface area (Å²) in [5.74, 6) is -0.963. The lowest BCUT2D eigenvalue weighted by Crippen LogP contribution is -2.60. The number of likely N-dealkylation sites (tertiary alicyclic amines) is 1. The van der Waals surface area contributed by atoms with Gasteiger partial charge >= 0.3 is 5.97 Å². The third-order valence-electron chi connectivity index (χ3n) is 5.31. The molecule has 1 heterocycles. The first-order valence-corrected chi connectivity index (χ1v) is 9.77. The van der Waals surface area contributed by atoms with E-state index in [4.69, 9.17) is 4.74 Å². The van der Waals surface area contributed by atoms with Crippen molar-refractivity contribution < 1.29 is 19.1 Å². The van der Waals surface area contributed by atoms with Crippen LogP contribution in [0.25, 0.3) is 0 Å². The fourth-order valence-electron chi connectivity index (χ4n) is 3.63. The average Bonchev–Trinajstić information content (AvgIpc) is 2.57. The minimum absolute atomic E-state index is 0.104. The SMILES string of the molecule is COC(=O)[C@H](C(C)C)N(C)C(=O)C(NC(=O)C1CCCCN1C)C(C)(C)C. The summed E-state index contributed by atoms with van der Waals surface area (Å²) < 4.78 is 4.87. The average molecular weight is 384 g/mol. The zero-order valence-corrected chi connectivity index (χ0v) is 18.2. The standard InChI is InChI=1S/C20H37N3O4/c1-13(2)15(19(26)27-8)23(7)18(25)16(20(3,4)5)21-17(24)14-11-9-10-12-22(14)6/h13-16H,9-12H2,1-8H3,(H,21,24)/t14?,15-,16?/m0/s1. The topological polar surface area (TPSA) is 79.0 Å². The second-order valence-electron chi connectivity index (χ2n) is 8.96. The molecule has 0 radical (unpaired) electrons. The maximum atomic E-state index is 13.2. The molecular weight excluding hydrogens is 346 g/mol. The largest absolute Gasteiger partial charge is 0.467 e. The van der Waals surface area contributed by atoms with Gasteiger partial charge in [-0.15, -0.1) is 0 Å². The third kappa shape index (κ3) is 5.92. The Hall–Kier alpha value is -1.63. The van der Waals surface area contributed by atoms with Crippen LogP contribution in [0.15, 0.2) is 0 Å². The van der Waals surface area contributed by atoms with E-state index in [2.05, 4.69) is 5.32 Å². The molecule has 1 aliphatic heterocycles. The van der Waals surface area contributed by atoms with Crippen molar-refractivity contribution in [3.05, 3.63) is 0 Å². The lowest BCUT2D eigenvalue weighted by atomic mass is 9.84. The zero-order chi connectivity index (χ0) is 20.9. The number of methoxy groups -OCH3 is 1. The van der Waals surface area contributed by atoms with Gasteiger partial charge in [-0.25, -0.2) is 4.79 Å². The molecule has 3 atom stereocenters. The van der Waals surface area contributed by atoms with Crippen LogP contribution in [0, 0.1) is 11.3 Å². The number of piperidine rings is 1. The lowest BCUT2D eigenvalue weighted by Gasteiger charge is -2.39. The highest BCUT2D eigenvalue weighted by molar-refractivity contribution is 5.92. The second-order valence-corrected chi connectivity index (χ2v) is 8.96. The fraction of sp³-hybridized carbons (Fsp3) is 0.850. The van der Waals surface area contributed by atoms with Gasteiger partial charge in [0.15, 0.2) is 0 Å². The van der Waals surface area contributed by atoms with Gasteiger partial charge in [-0.3, -0.25) is 14.5 Å². The Morgan fingerprint density at radius 3 is 2.22 bits per heavy atom. The number of amides is 2. The molecule has 1 saturated heterocycles. The summed E-state index contributed by atoms with van der Waals surface area (Å²) in [7, 11) is 4.86. The Bertz CT molecular complexity index is 542. The van der Waals surface area contributed by atoms with Crippen molar-refractivity contribution in [1.29, 1.82) is 0 Å². The summed E-state index contributed by atoms with van der Waals surface area (Å²) in [5, 5.41) is 2.96. The summed E-state index contributed by atoms with van der Waals surface area (Å²) >= 11 is 0. The Morgan fingerprint density at radius 1 is 1.19 bits per heavy atom. The molecule has 0 spiro atoms. The van der Waals surface area contributed by atoms with E-state index in [1.807, 2.05) is 46.6 Å². The van der Waals surface area contributed by atoms with Crippen molar-refractivity contribution in [2.24, 2.45) is 11.3 Å². The molecule has 2 amide bonds. The number of hydrogen-bond donors (Lipinski definition) is 1. The van der Waals surface area contributed by atoms with Crippen LogP contribution in [0.4, 0.5) is 0 Å². The number of ether oxygens (including phenoxy) is 1. The van der Waals surface area contributed by atoms with Crippen LogP contribution in [0.3, 0.4) is 0 Å². The normalized spacial score (nSPS) is 20.7. The molecule has 0 aromatic heterocycles. The smallest absolute Gasteiger partial charge is 0.328 e. The first kappa shape index (κ1) is 23.4. The number of likely N-dealkylation sites (N-methyl/N-ethyl adjacent to an activating group) is 2. The van der Waals surface area contributed by atoms with Crippen molar-refractivity contribution in [2.45, 2.75) is 72.0 Å². The predicted molar refractivity (Wildman–Crippen MR) is 105 cm³/mol.